The molecule has 0 radical (unpaired) electrons. The van der Waals surface area contributed by atoms with E-state index in [2.05, 4.69) is 5.32 Å². The summed E-state index contributed by atoms with van der Waals surface area (Å²) in [7, 11) is 0. The Morgan fingerprint density at radius 3 is 2.25 bits per heavy atom. The lowest BCUT2D eigenvalue weighted by Gasteiger charge is -2.31. The summed E-state index contributed by atoms with van der Waals surface area (Å²) >= 11 is 0. The third-order valence-electron chi connectivity index (χ3n) is 3.61. The predicted molar refractivity (Wildman–Crippen MR) is 75.0 cm³/mol. The van der Waals surface area contributed by atoms with E-state index in [9.17, 15) is 26.7 Å². The minimum absolute atomic E-state index is 0.0424. The number of hydrogen-bond acceptors (Lipinski definition) is 2. The van der Waals surface area contributed by atoms with Crippen LogP contribution in [-0.2, 0) is 4.79 Å². The van der Waals surface area contributed by atoms with Crippen molar-refractivity contribution in [2.24, 2.45) is 0 Å². The van der Waals surface area contributed by atoms with Gasteiger partial charge in [0.2, 0.25) is 0 Å². The van der Waals surface area contributed by atoms with Crippen molar-refractivity contribution >= 4 is 11.6 Å². The number of fused-ring (bicyclic) bond motifs is 1. The zero-order valence-electron chi connectivity index (χ0n) is 12.4. The van der Waals surface area contributed by atoms with E-state index >= 15 is 0 Å². The van der Waals surface area contributed by atoms with Crippen LogP contribution in [0.2, 0.25) is 0 Å². The van der Waals surface area contributed by atoms with Crippen molar-refractivity contribution in [1.82, 2.24) is 0 Å². The number of ether oxygens (including phenoxy) is 1. The van der Waals surface area contributed by atoms with Gasteiger partial charge in [-0.25, -0.2) is 22.0 Å². The average molecular weight is 343 g/mol. The summed E-state index contributed by atoms with van der Waals surface area (Å²) in [5.74, 6) is -8.73. The highest BCUT2D eigenvalue weighted by molar-refractivity contribution is 6.00. The molecule has 2 aromatic carbocycles. The molecule has 1 heterocycles. The largest absolute Gasteiger partial charge is 0.476 e. The van der Waals surface area contributed by atoms with Crippen LogP contribution in [0.4, 0.5) is 27.6 Å². The minimum Gasteiger partial charge on any atom is -0.476 e. The molecule has 1 aliphatic heterocycles. The second-order valence-electron chi connectivity index (χ2n) is 5.74. The summed E-state index contributed by atoms with van der Waals surface area (Å²) in [5.41, 5.74) is -3.06. The van der Waals surface area contributed by atoms with Crippen LogP contribution in [0.25, 0.3) is 11.1 Å². The Bertz CT molecular complexity index is 880. The van der Waals surface area contributed by atoms with Crippen molar-refractivity contribution in [2.45, 2.75) is 19.4 Å². The molecule has 0 atom stereocenters. The number of carbonyl (C=O) groups excluding carboxylic acids is 1. The number of nitrogens with one attached hydrogen (secondary N) is 1. The summed E-state index contributed by atoms with van der Waals surface area (Å²) in [5, 5.41) is 2.41. The molecule has 1 N–H and O–H groups in total. The SMILES string of the molecule is CC1(C)Oc2cc(F)c(-c3c(F)cc(F)c(F)c3F)cc2NC1=O. The highest BCUT2D eigenvalue weighted by atomic mass is 19.2. The molecular weight excluding hydrogens is 333 g/mol. The van der Waals surface area contributed by atoms with Gasteiger partial charge in [0.25, 0.3) is 5.91 Å². The summed E-state index contributed by atoms with van der Waals surface area (Å²) < 4.78 is 73.7. The van der Waals surface area contributed by atoms with Gasteiger partial charge in [0.1, 0.15) is 17.4 Å². The van der Waals surface area contributed by atoms with E-state index in [4.69, 9.17) is 4.74 Å². The van der Waals surface area contributed by atoms with Gasteiger partial charge in [-0.15, -0.1) is 0 Å². The monoisotopic (exact) mass is 343 g/mol. The Morgan fingerprint density at radius 1 is 0.917 bits per heavy atom. The molecule has 3 rings (SSSR count). The highest BCUT2D eigenvalue weighted by Crippen LogP contribution is 2.40. The normalized spacial score (nSPS) is 15.5. The number of benzene rings is 2. The quantitative estimate of drug-likeness (QED) is 0.480. The molecule has 1 aliphatic rings. The van der Waals surface area contributed by atoms with Crippen molar-refractivity contribution in [3.63, 3.8) is 0 Å². The molecule has 8 heteroatoms. The zero-order valence-corrected chi connectivity index (χ0v) is 12.4. The maximum Gasteiger partial charge on any atom is 0.268 e. The lowest BCUT2D eigenvalue weighted by molar-refractivity contribution is -0.129. The molecule has 0 bridgehead atoms. The van der Waals surface area contributed by atoms with Crippen molar-refractivity contribution in [3.05, 3.63) is 47.3 Å². The van der Waals surface area contributed by atoms with E-state index in [0.29, 0.717) is 0 Å². The fraction of sp³-hybridized carbons (Fsp3) is 0.188. The third kappa shape index (κ3) is 2.38. The molecule has 126 valence electrons. The molecule has 0 spiro atoms. The topological polar surface area (TPSA) is 38.3 Å². The van der Waals surface area contributed by atoms with Gasteiger partial charge in [-0.3, -0.25) is 4.79 Å². The van der Waals surface area contributed by atoms with Crippen LogP contribution in [0, 0.1) is 29.1 Å². The lowest BCUT2D eigenvalue weighted by atomic mass is 10.00. The van der Waals surface area contributed by atoms with Gasteiger partial charge >= 0.3 is 0 Å². The van der Waals surface area contributed by atoms with Gasteiger partial charge < -0.3 is 10.1 Å². The van der Waals surface area contributed by atoms with Crippen LogP contribution < -0.4 is 10.1 Å². The Balaban J connectivity index is 2.21. The van der Waals surface area contributed by atoms with Gasteiger partial charge in [-0.2, -0.15) is 0 Å². The fourth-order valence-corrected chi connectivity index (χ4v) is 2.34. The van der Waals surface area contributed by atoms with Crippen molar-refractivity contribution < 1.29 is 31.5 Å². The molecule has 0 saturated carbocycles. The fourth-order valence-electron chi connectivity index (χ4n) is 2.34. The van der Waals surface area contributed by atoms with Crippen molar-refractivity contribution in [2.75, 3.05) is 5.32 Å². The van der Waals surface area contributed by atoms with Crippen LogP contribution in [-0.4, -0.2) is 11.5 Å². The number of amides is 1. The molecular formula is C16H10F5NO2. The maximum absolute atomic E-state index is 14.3. The number of halogens is 5. The third-order valence-corrected chi connectivity index (χ3v) is 3.61. The lowest BCUT2D eigenvalue weighted by Crippen LogP contribution is -2.45. The number of hydrogen-bond donors (Lipinski definition) is 1. The molecule has 2 aromatic rings. The Labute approximate surface area is 133 Å². The summed E-state index contributed by atoms with van der Waals surface area (Å²) in [4.78, 5) is 11.9. The first kappa shape index (κ1) is 16.2. The van der Waals surface area contributed by atoms with Gasteiger partial charge in [0.15, 0.2) is 23.1 Å². The van der Waals surface area contributed by atoms with E-state index in [-0.39, 0.29) is 17.5 Å². The molecule has 3 nitrogen and oxygen atoms in total. The maximum atomic E-state index is 14.3. The average Bonchev–Trinajstić information content (AvgIpc) is 2.47. The Hall–Kier alpha value is -2.64. The van der Waals surface area contributed by atoms with Crippen molar-refractivity contribution in [1.29, 1.82) is 0 Å². The Morgan fingerprint density at radius 2 is 1.58 bits per heavy atom. The van der Waals surface area contributed by atoms with Gasteiger partial charge in [0.05, 0.1) is 11.3 Å². The molecule has 0 fully saturated rings. The van der Waals surface area contributed by atoms with E-state index < -0.39 is 51.7 Å². The van der Waals surface area contributed by atoms with E-state index in [1.54, 1.807) is 0 Å². The molecule has 0 unspecified atom stereocenters. The van der Waals surface area contributed by atoms with Crippen LogP contribution in [0.1, 0.15) is 13.8 Å². The van der Waals surface area contributed by atoms with Gasteiger partial charge in [0, 0.05) is 17.7 Å². The van der Waals surface area contributed by atoms with Crippen LogP contribution in [0.3, 0.4) is 0 Å². The highest BCUT2D eigenvalue weighted by Gasteiger charge is 2.36. The standard InChI is InChI=1S/C16H10F5NO2/c1-16(2)15(23)22-10-3-6(7(17)5-11(10)24-16)12-8(18)4-9(19)13(20)14(12)21/h3-5H,1-2H3,(H,22,23). The van der Waals surface area contributed by atoms with Gasteiger partial charge in [-0.1, -0.05) is 0 Å². The van der Waals surface area contributed by atoms with Crippen LogP contribution in [0.15, 0.2) is 18.2 Å². The van der Waals surface area contributed by atoms with Crippen molar-refractivity contribution in [3.8, 4) is 16.9 Å². The summed E-state index contributed by atoms with van der Waals surface area (Å²) in [6, 6.07) is 1.83. The van der Waals surface area contributed by atoms with E-state index in [1.165, 1.54) is 13.8 Å². The van der Waals surface area contributed by atoms with Crippen LogP contribution >= 0.6 is 0 Å². The number of anilines is 1. The first-order chi connectivity index (χ1) is 11.1. The second-order valence-corrected chi connectivity index (χ2v) is 5.74. The Kier molecular flexibility index (Phi) is 3.51. The smallest absolute Gasteiger partial charge is 0.268 e. The summed E-state index contributed by atoms with van der Waals surface area (Å²) in [6.07, 6.45) is 0. The molecule has 0 saturated heterocycles. The molecule has 0 aliphatic carbocycles. The first-order valence-corrected chi connectivity index (χ1v) is 6.79. The number of carbonyl (C=O) groups is 1. The zero-order chi connectivity index (χ0) is 17.8. The van der Waals surface area contributed by atoms with Gasteiger partial charge in [-0.05, 0) is 19.9 Å². The van der Waals surface area contributed by atoms with E-state index in [1.807, 2.05) is 0 Å². The first-order valence-electron chi connectivity index (χ1n) is 6.79. The molecule has 1 amide bonds. The van der Waals surface area contributed by atoms with E-state index in [0.717, 1.165) is 12.1 Å². The minimum atomic E-state index is -1.93. The molecule has 0 aromatic heterocycles. The number of rotatable bonds is 1. The molecule has 24 heavy (non-hydrogen) atoms. The predicted octanol–water partition coefficient (Wildman–Crippen LogP) is 4.16. The summed E-state index contributed by atoms with van der Waals surface area (Å²) in [6.45, 7) is 2.90. The second kappa shape index (κ2) is 5.19. The van der Waals surface area contributed by atoms with Crippen LogP contribution in [0.5, 0.6) is 5.75 Å².